The molecule has 0 aliphatic carbocycles. The third kappa shape index (κ3) is 5.11. The maximum absolute atomic E-state index is 12.7. The molecule has 7 heteroatoms. The largest absolute Gasteiger partial charge is 0.379 e. The van der Waals surface area contributed by atoms with Gasteiger partial charge in [-0.2, -0.15) is 0 Å². The predicted octanol–water partition coefficient (Wildman–Crippen LogP) is 1.25. The van der Waals surface area contributed by atoms with Crippen molar-refractivity contribution < 1.29 is 14.3 Å². The average Bonchev–Trinajstić information content (AvgIpc) is 3.14. The number of nitrogens with zero attached hydrogens (tertiary/aromatic N) is 1. The minimum Gasteiger partial charge on any atom is -0.379 e. The third-order valence-corrected chi connectivity index (χ3v) is 4.69. The van der Waals surface area contributed by atoms with Crippen molar-refractivity contribution >= 4 is 5.91 Å². The fourth-order valence-corrected chi connectivity index (χ4v) is 3.18. The highest BCUT2D eigenvalue weighted by molar-refractivity contribution is 5.82. The zero-order valence-electron chi connectivity index (χ0n) is 15.4. The van der Waals surface area contributed by atoms with Gasteiger partial charge in [-0.25, -0.2) is 10.9 Å². The highest BCUT2D eigenvalue weighted by Gasteiger charge is 2.34. The first-order valence-electron chi connectivity index (χ1n) is 9.18. The minimum atomic E-state index is -0.303. The molecule has 142 valence electrons. The summed E-state index contributed by atoms with van der Waals surface area (Å²) in [6.45, 7) is 5.79. The van der Waals surface area contributed by atoms with Crippen LogP contribution in [0.2, 0.25) is 0 Å². The molecule has 2 aliphatic heterocycles. The molecule has 2 unspecified atom stereocenters. The lowest BCUT2D eigenvalue weighted by atomic mass is 10.0. The monoisotopic (exact) mass is 360 g/mol. The van der Waals surface area contributed by atoms with E-state index < -0.39 is 0 Å². The van der Waals surface area contributed by atoms with E-state index in [2.05, 4.69) is 21.2 Å². The Hall–Kier alpha value is -1.80. The maximum atomic E-state index is 12.7. The highest BCUT2D eigenvalue weighted by Crippen LogP contribution is 2.20. The molecule has 0 bridgehead atoms. The van der Waals surface area contributed by atoms with Gasteiger partial charge in [0.05, 0.1) is 37.1 Å². The number of nitrogens with one attached hydrogen (secondary N) is 3. The van der Waals surface area contributed by atoms with Gasteiger partial charge in [0.2, 0.25) is 5.91 Å². The fourth-order valence-electron chi connectivity index (χ4n) is 3.18. The van der Waals surface area contributed by atoms with E-state index in [1.807, 2.05) is 38.1 Å². The molecule has 3 rings (SSSR count). The van der Waals surface area contributed by atoms with Crippen LogP contribution in [0.15, 0.2) is 36.0 Å². The first-order valence-corrected chi connectivity index (χ1v) is 9.18. The van der Waals surface area contributed by atoms with Crippen molar-refractivity contribution in [3.63, 3.8) is 0 Å². The number of allylic oxidation sites excluding steroid dienone is 1. The maximum Gasteiger partial charge on any atom is 0.238 e. The molecule has 0 aromatic carbocycles. The molecule has 0 spiro atoms. The van der Waals surface area contributed by atoms with E-state index in [4.69, 9.17) is 9.47 Å². The zero-order chi connectivity index (χ0) is 18.4. The Labute approximate surface area is 154 Å². The van der Waals surface area contributed by atoms with Gasteiger partial charge in [0.15, 0.2) is 0 Å². The topological polar surface area (TPSA) is 84.5 Å². The molecule has 3 heterocycles. The van der Waals surface area contributed by atoms with Crippen LogP contribution in [0.3, 0.4) is 0 Å². The van der Waals surface area contributed by atoms with E-state index in [9.17, 15) is 4.79 Å². The molecule has 26 heavy (non-hydrogen) atoms. The van der Waals surface area contributed by atoms with Gasteiger partial charge in [-0.15, -0.1) is 0 Å². The van der Waals surface area contributed by atoms with Crippen LogP contribution in [0.5, 0.6) is 0 Å². The van der Waals surface area contributed by atoms with Gasteiger partial charge < -0.3 is 14.8 Å². The molecule has 0 saturated carbocycles. The Balaban J connectivity index is 1.52. The predicted molar refractivity (Wildman–Crippen MR) is 98.2 cm³/mol. The summed E-state index contributed by atoms with van der Waals surface area (Å²) >= 11 is 0. The first-order chi connectivity index (χ1) is 12.6. The fraction of sp³-hybridized carbons (Fsp3) is 0.579. The number of hydrogen-bond acceptors (Lipinski definition) is 6. The van der Waals surface area contributed by atoms with E-state index >= 15 is 0 Å². The van der Waals surface area contributed by atoms with Crippen molar-refractivity contribution in [3.05, 3.63) is 41.7 Å². The van der Waals surface area contributed by atoms with E-state index in [-0.39, 0.29) is 30.1 Å². The van der Waals surface area contributed by atoms with Crippen LogP contribution < -0.4 is 16.2 Å². The number of amides is 1. The SMILES string of the molecule is CC(C)=CCO[C@@H]1CCOC[C@@H]1NC(=O)C1CC(c2ccccn2)NN1. The summed E-state index contributed by atoms with van der Waals surface area (Å²) in [6.07, 6.45) is 5.23. The van der Waals surface area contributed by atoms with Crippen molar-refractivity contribution in [1.82, 2.24) is 21.2 Å². The van der Waals surface area contributed by atoms with Crippen molar-refractivity contribution in [1.29, 1.82) is 0 Å². The minimum absolute atomic E-state index is 0.0238. The second-order valence-electron chi connectivity index (χ2n) is 7.02. The molecule has 1 amide bonds. The molecule has 1 aromatic rings. The van der Waals surface area contributed by atoms with Gasteiger partial charge in [-0.05, 0) is 38.8 Å². The summed E-state index contributed by atoms with van der Waals surface area (Å²) < 4.78 is 11.5. The van der Waals surface area contributed by atoms with Crippen LogP contribution in [0.25, 0.3) is 0 Å². The van der Waals surface area contributed by atoms with Crippen LogP contribution in [0, 0.1) is 0 Å². The molecule has 3 N–H and O–H groups in total. The third-order valence-electron chi connectivity index (χ3n) is 4.69. The lowest BCUT2D eigenvalue weighted by molar-refractivity contribution is -0.127. The van der Waals surface area contributed by atoms with Gasteiger partial charge in [0.1, 0.15) is 6.04 Å². The number of rotatable bonds is 6. The molecule has 2 fully saturated rings. The second kappa shape index (κ2) is 9.23. The molecule has 1 aromatic heterocycles. The molecule has 7 nitrogen and oxygen atoms in total. The molecule has 0 radical (unpaired) electrons. The molecule has 2 aliphatic rings. The van der Waals surface area contributed by atoms with E-state index in [1.54, 1.807) is 6.20 Å². The summed E-state index contributed by atoms with van der Waals surface area (Å²) in [5, 5.41) is 3.09. The van der Waals surface area contributed by atoms with Gasteiger partial charge in [0, 0.05) is 12.8 Å². The van der Waals surface area contributed by atoms with Crippen molar-refractivity contribution in [2.75, 3.05) is 19.8 Å². The van der Waals surface area contributed by atoms with Gasteiger partial charge >= 0.3 is 0 Å². The van der Waals surface area contributed by atoms with E-state index in [0.29, 0.717) is 26.2 Å². The summed E-state index contributed by atoms with van der Waals surface area (Å²) in [4.78, 5) is 17.0. The van der Waals surface area contributed by atoms with Crippen LogP contribution in [0.4, 0.5) is 0 Å². The Bertz CT molecular complexity index is 618. The van der Waals surface area contributed by atoms with Gasteiger partial charge in [-0.1, -0.05) is 17.7 Å². The van der Waals surface area contributed by atoms with Crippen LogP contribution in [-0.4, -0.2) is 48.9 Å². The summed E-state index contributed by atoms with van der Waals surface area (Å²) in [5.41, 5.74) is 8.38. The molecular formula is C19H28N4O3. The summed E-state index contributed by atoms with van der Waals surface area (Å²) in [5.74, 6) is -0.0396. The van der Waals surface area contributed by atoms with Crippen LogP contribution in [-0.2, 0) is 14.3 Å². The summed E-state index contributed by atoms with van der Waals surface area (Å²) in [7, 11) is 0. The highest BCUT2D eigenvalue weighted by atomic mass is 16.5. The van der Waals surface area contributed by atoms with E-state index in [1.165, 1.54) is 5.57 Å². The molecular weight excluding hydrogens is 332 g/mol. The average molecular weight is 360 g/mol. The molecule has 2 saturated heterocycles. The Morgan fingerprint density at radius 2 is 2.31 bits per heavy atom. The van der Waals surface area contributed by atoms with Crippen LogP contribution in [0.1, 0.15) is 38.4 Å². The number of carbonyl (C=O) groups excluding carboxylic acids is 1. The number of hydrogen-bond donors (Lipinski definition) is 3. The van der Waals surface area contributed by atoms with Crippen molar-refractivity contribution in [3.8, 4) is 0 Å². The zero-order valence-corrected chi connectivity index (χ0v) is 15.4. The van der Waals surface area contributed by atoms with Crippen molar-refractivity contribution in [2.45, 2.75) is 50.9 Å². The number of aromatic nitrogens is 1. The smallest absolute Gasteiger partial charge is 0.238 e. The molecule has 4 atom stereocenters. The Kier molecular flexibility index (Phi) is 6.73. The van der Waals surface area contributed by atoms with Crippen LogP contribution >= 0.6 is 0 Å². The van der Waals surface area contributed by atoms with Gasteiger partial charge in [-0.3, -0.25) is 9.78 Å². The first kappa shape index (κ1) is 19.0. The standard InChI is InChI=1S/C19H28N4O3/c1-13(2)6-10-26-18-7-9-25-12-17(18)21-19(24)16-11-15(22-23-16)14-5-3-4-8-20-14/h3-6,8,15-18,22-23H,7,9-12H2,1-2H3,(H,21,24)/t15?,16?,17-,18+/m0/s1. The van der Waals surface area contributed by atoms with Gasteiger partial charge in [0.25, 0.3) is 0 Å². The normalized spacial score (nSPS) is 28.5. The Morgan fingerprint density at radius 1 is 1.42 bits per heavy atom. The number of pyridine rings is 1. The number of ether oxygens (including phenoxy) is 2. The van der Waals surface area contributed by atoms with Crippen molar-refractivity contribution in [2.24, 2.45) is 0 Å². The number of carbonyl (C=O) groups is 1. The quantitative estimate of drug-likeness (QED) is 0.662. The van der Waals surface area contributed by atoms with E-state index in [0.717, 1.165) is 12.1 Å². The Morgan fingerprint density at radius 3 is 3.08 bits per heavy atom. The number of hydrazine groups is 1. The second-order valence-corrected chi connectivity index (χ2v) is 7.02. The lowest BCUT2D eigenvalue weighted by Gasteiger charge is -2.32. The summed E-state index contributed by atoms with van der Waals surface area (Å²) in [6, 6.07) is 5.39. The lowest BCUT2D eigenvalue weighted by Crippen LogP contribution is -2.54.